The number of halogens is 1. The number of fused-ring (bicyclic) bond motifs is 1. The summed E-state index contributed by atoms with van der Waals surface area (Å²) >= 11 is 3.46. The molecule has 0 bridgehead atoms. The lowest BCUT2D eigenvalue weighted by Crippen LogP contribution is -1.73. The molecule has 2 rings (SSSR count). The molecule has 0 saturated heterocycles. The first-order chi connectivity index (χ1) is 6.33. The molecule has 0 aromatic heterocycles. The largest absolute Gasteiger partial charge is 0.238 e. The molecule has 1 nitrogen and oxygen atoms in total. The third-order valence-corrected chi connectivity index (χ3v) is 2.66. The molecule has 0 aliphatic carbocycles. The topological polar surface area (TPSA) is 4.36 Å². The first-order valence-corrected chi connectivity index (χ1v) is 4.67. The zero-order valence-electron chi connectivity index (χ0n) is 6.79. The van der Waals surface area contributed by atoms with Crippen molar-refractivity contribution in [2.45, 2.75) is 0 Å². The van der Waals surface area contributed by atoms with E-state index in [4.69, 9.17) is 6.57 Å². The van der Waals surface area contributed by atoms with Gasteiger partial charge in [0.2, 0.25) is 0 Å². The number of hydrogen-bond acceptors (Lipinski definition) is 0. The maximum atomic E-state index is 7.01. The Labute approximate surface area is 84.9 Å². The smallest absolute Gasteiger partial charge is 0.194 e. The van der Waals surface area contributed by atoms with Gasteiger partial charge >= 0.3 is 0 Å². The Morgan fingerprint density at radius 1 is 1.00 bits per heavy atom. The molecular weight excluding hydrogens is 226 g/mol. The van der Waals surface area contributed by atoms with Gasteiger partial charge in [0.05, 0.1) is 6.57 Å². The minimum absolute atomic E-state index is 0.707. The van der Waals surface area contributed by atoms with E-state index in [1.807, 2.05) is 36.4 Å². The Morgan fingerprint density at radius 3 is 2.38 bits per heavy atom. The predicted octanol–water partition coefficient (Wildman–Crippen LogP) is 4.15. The molecular formula is C11H6BrN. The van der Waals surface area contributed by atoms with Crippen molar-refractivity contribution in [1.29, 1.82) is 0 Å². The van der Waals surface area contributed by atoms with Gasteiger partial charge in [-0.05, 0) is 10.8 Å². The van der Waals surface area contributed by atoms with Crippen LogP contribution in [0.2, 0.25) is 0 Å². The first kappa shape index (κ1) is 8.28. The first-order valence-electron chi connectivity index (χ1n) is 3.87. The fraction of sp³-hybridized carbons (Fsp3) is 0. The van der Waals surface area contributed by atoms with Crippen molar-refractivity contribution < 1.29 is 0 Å². The summed E-state index contributed by atoms with van der Waals surface area (Å²) in [7, 11) is 0. The lowest BCUT2D eigenvalue weighted by atomic mass is 10.1. The van der Waals surface area contributed by atoms with Crippen molar-refractivity contribution >= 4 is 32.4 Å². The third kappa shape index (κ3) is 1.32. The Bertz CT molecular complexity index is 497. The Morgan fingerprint density at radius 2 is 1.69 bits per heavy atom. The van der Waals surface area contributed by atoms with Crippen LogP contribution in [0.5, 0.6) is 0 Å². The van der Waals surface area contributed by atoms with Gasteiger partial charge in [0.15, 0.2) is 5.69 Å². The van der Waals surface area contributed by atoms with Crippen LogP contribution in [0.1, 0.15) is 0 Å². The molecule has 0 aliphatic rings. The highest BCUT2D eigenvalue weighted by atomic mass is 79.9. The average molecular weight is 232 g/mol. The van der Waals surface area contributed by atoms with Crippen molar-refractivity contribution in [3.8, 4) is 0 Å². The van der Waals surface area contributed by atoms with Gasteiger partial charge in [-0.3, -0.25) is 0 Å². The lowest BCUT2D eigenvalue weighted by molar-refractivity contribution is 1.71. The average Bonchev–Trinajstić information content (AvgIpc) is 2.19. The molecule has 62 valence electrons. The van der Waals surface area contributed by atoms with E-state index in [9.17, 15) is 0 Å². The third-order valence-electron chi connectivity index (χ3n) is 1.97. The maximum absolute atomic E-state index is 7.01. The van der Waals surface area contributed by atoms with Gasteiger partial charge in [-0.15, -0.1) is 0 Å². The molecule has 0 heterocycles. The zero-order chi connectivity index (χ0) is 9.26. The van der Waals surface area contributed by atoms with Crippen LogP contribution < -0.4 is 0 Å². The van der Waals surface area contributed by atoms with Crippen LogP contribution in [-0.4, -0.2) is 0 Å². The van der Waals surface area contributed by atoms with Gasteiger partial charge in [0.1, 0.15) is 0 Å². The van der Waals surface area contributed by atoms with E-state index in [0.29, 0.717) is 5.69 Å². The quantitative estimate of drug-likeness (QED) is 0.601. The number of benzene rings is 2. The molecule has 0 saturated carbocycles. The standard InChI is InChI=1S/C11H6BrN/c1-13-11-7-6-10(12)8-4-2-3-5-9(8)11/h2-7H. The maximum Gasteiger partial charge on any atom is 0.194 e. The van der Waals surface area contributed by atoms with Crippen LogP contribution in [0, 0.1) is 6.57 Å². The molecule has 0 N–H and O–H groups in total. The Kier molecular flexibility index (Phi) is 2.03. The minimum atomic E-state index is 0.707. The fourth-order valence-electron chi connectivity index (χ4n) is 1.34. The van der Waals surface area contributed by atoms with Crippen LogP contribution in [0.3, 0.4) is 0 Å². The SMILES string of the molecule is [C-]#[N+]c1ccc(Br)c2ccccc12. The molecule has 2 aromatic rings. The second kappa shape index (κ2) is 3.20. The lowest BCUT2D eigenvalue weighted by Gasteiger charge is -2.01. The van der Waals surface area contributed by atoms with Crippen LogP contribution in [0.15, 0.2) is 40.9 Å². The van der Waals surface area contributed by atoms with Crippen molar-refractivity contribution in [3.63, 3.8) is 0 Å². The summed E-state index contributed by atoms with van der Waals surface area (Å²) in [6, 6.07) is 11.6. The number of hydrogen-bond donors (Lipinski definition) is 0. The summed E-state index contributed by atoms with van der Waals surface area (Å²) in [5.74, 6) is 0. The fourth-order valence-corrected chi connectivity index (χ4v) is 1.82. The van der Waals surface area contributed by atoms with Crippen molar-refractivity contribution in [2.24, 2.45) is 0 Å². The van der Waals surface area contributed by atoms with Crippen molar-refractivity contribution in [2.75, 3.05) is 0 Å². The monoisotopic (exact) mass is 231 g/mol. The van der Waals surface area contributed by atoms with Gasteiger partial charge in [-0.25, -0.2) is 4.85 Å². The predicted molar refractivity (Wildman–Crippen MR) is 57.9 cm³/mol. The van der Waals surface area contributed by atoms with Crippen LogP contribution in [-0.2, 0) is 0 Å². The Balaban J connectivity index is 2.95. The second-order valence-electron chi connectivity index (χ2n) is 2.72. The summed E-state index contributed by atoms with van der Waals surface area (Å²) in [6.45, 7) is 7.01. The van der Waals surface area contributed by atoms with Gasteiger partial charge in [0, 0.05) is 4.47 Å². The minimum Gasteiger partial charge on any atom is -0.238 e. The van der Waals surface area contributed by atoms with E-state index < -0.39 is 0 Å². The second-order valence-corrected chi connectivity index (χ2v) is 3.58. The molecule has 0 radical (unpaired) electrons. The van der Waals surface area contributed by atoms with E-state index in [-0.39, 0.29) is 0 Å². The van der Waals surface area contributed by atoms with Gasteiger partial charge in [0.25, 0.3) is 0 Å². The summed E-state index contributed by atoms with van der Waals surface area (Å²) in [4.78, 5) is 3.47. The molecule has 0 fully saturated rings. The van der Waals surface area contributed by atoms with Crippen LogP contribution in [0.4, 0.5) is 5.69 Å². The molecule has 0 aliphatic heterocycles. The van der Waals surface area contributed by atoms with Gasteiger partial charge in [-0.1, -0.05) is 52.3 Å². The number of rotatable bonds is 0. The van der Waals surface area contributed by atoms with Gasteiger partial charge < -0.3 is 0 Å². The molecule has 2 heteroatoms. The van der Waals surface area contributed by atoms with E-state index in [1.54, 1.807) is 0 Å². The normalized spacial score (nSPS) is 9.85. The molecule has 0 amide bonds. The van der Waals surface area contributed by atoms with Gasteiger partial charge in [-0.2, -0.15) is 0 Å². The van der Waals surface area contributed by atoms with E-state index in [2.05, 4.69) is 20.8 Å². The summed E-state index contributed by atoms with van der Waals surface area (Å²) in [5.41, 5.74) is 0.707. The van der Waals surface area contributed by atoms with Crippen LogP contribution >= 0.6 is 15.9 Å². The van der Waals surface area contributed by atoms with Crippen molar-refractivity contribution in [1.82, 2.24) is 0 Å². The number of nitrogens with zero attached hydrogens (tertiary/aromatic N) is 1. The summed E-state index contributed by atoms with van der Waals surface area (Å²) in [6.07, 6.45) is 0. The van der Waals surface area contributed by atoms with E-state index in [1.165, 1.54) is 0 Å². The molecule has 2 aromatic carbocycles. The molecule has 0 unspecified atom stereocenters. The zero-order valence-corrected chi connectivity index (χ0v) is 8.38. The Hall–Kier alpha value is -1.33. The highest BCUT2D eigenvalue weighted by molar-refractivity contribution is 9.10. The highest BCUT2D eigenvalue weighted by Gasteiger charge is 2.01. The summed E-state index contributed by atoms with van der Waals surface area (Å²) in [5, 5.41) is 2.10. The molecule has 13 heavy (non-hydrogen) atoms. The molecule has 0 atom stereocenters. The van der Waals surface area contributed by atoms with Crippen LogP contribution in [0.25, 0.3) is 15.6 Å². The van der Waals surface area contributed by atoms with E-state index in [0.717, 1.165) is 15.2 Å². The van der Waals surface area contributed by atoms with E-state index >= 15 is 0 Å². The van der Waals surface area contributed by atoms with Crippen molar-refractivity contribution in [3.05, 3.63) is 52.3 Å². The summed E-state index contributed by atoms with van der Waals surface area (Å²) < 4.78 is 1.04. The highest BCUT2D eigenvalue weighted by Crippen LogP contribution is 2.31. The molecule has 0 spiro atoms.